The normalized spacial score (nSPS) is 10.8. The fraction of sp³-hybridized carbons (Fsp3) is 0.0526. The predicted octanol–water partition coefficient (Wildman–Crippen LogP) is 4.24. The Hall–Kier alpha value is -3.14. The van der Waals surface area contributed by atoms with Crippen LogP contribution in [-0.4, -0.2) is 15.0 Å². The van der Waals surface area contributed by atoms with Crippen molar-refractivity contribution in [3.05, 3.63) is 78.6 Å². The van der Waals surface area contributed by atoms with E-state index in [1.165, 1.54) is 0 Å². The van der Waals surface area contributed by atoms with Crippen LogP contribution in [0.4, 0.5) is 5.69 Å². The highest BCUT2D eigenvalue weighted by molar-refractivity contribution is 5.80. The van der Waals surface area contributed by atoms with Crippen LogP contribution in [0, 0.1) is 0 Å². The second-order valence-corrected chi connectivity index (χ2v) is 5.32. The molecule has 0 aliphatic heterocycles. The lowest BCUT2D eigenvalue weighted by Crippen LogP contribution is -2.04. The van der Waals surface area contributed by atoms with E-state index in [1.54, 1.807) is 0 Å². The van der Waals surface area contributed by atoms with Gasteiger partial charge in [0.25, 0.3) is 0 Å². The Morgan fingerprint density at radius 2 is 1.57 bits per heavy atom. The summed E-state index contributed by atoms with van der Waals surface area (Å²) in [4.78, 5) is 12.6. The monoisotopic (exact) mass is 300 g/mol. The predicted molar refractivity (Wildman–Crippen MR) is 93.1 cm³/mol. The van der Waals surface area contributed by atoms with Crippen molar-refractivity contribution in [2.45, 2.75) is 6.54 Å². The third kappa shape index (κ3) is 2.79. The van der Waals surface area contributed by atoms with Crippen molar-refractivity contribution in [3.63, 3.8) is 0 Å². The van der Waals surface area contributed by atoms with Crippen LogP contribution in [0.15, 0.2) is 72.9 Å². The first kappa shape index (κ1) is 13.5. The third-order valence-corrected chi connectivity index (χ3v) is 3.76. The van der Waals surface area contributed by atoms with Crippen molar-refractivity contribution in [2.75, 3.05) is 5.32 Å². The molecule has 23 heavy (non-hydrogen) atoms. The van der Waals surface area contributed by atoms with Crippen molar-refractivity contribution >= 4 is 16.7 Å². The highest BCUT2D eigenvalue weighted by Gasteiger charge is 2.10. The molecule has 0 radical (unpaired) electrons. The second kappa shape index (κ2) is 5.93. The maximum Gasteiger partial charge on any atom is 0.161 e. The minimum atomic E-state index is 0.653. The van der Waals surface area contributed by atoms with Gasteiger partial charge in [-0.15, -0.1) is 0 Å². The zero-order valence-corrected chi connectivity index (χ0v) is 12.5. The molecule has 0 spiro atoms. The molecule has 0 amide bonds. The maximum atomic E-state index is 4.76. The van der Waals surface area contributed by atoms with Crippen LogP contribution in [-0.2, 0) is 6.54 Å². The Bertz CT molecular complexity index is 914. The van der Waals surface area contributed by atoms with Gasteiger partial charge in [-0.1, -0.05) is 48.5 Å². The van der Waals surface area contributed by atoms with E-state index in [0.29, 0.717) is 6.54 Å². The van der Waals surface area contributed by atoms with Crippen LogP contribution in [0.3, 0.4) is 0 Å². The van der Waals surface area contributed by atoms with Crippen molar-refractivity contribution in [3.8, 4) is 11.4 Å². The molecular weight excluding hydrogens is 284 g/mol. The van der Waals surface area contributed by atoms with Gasteiger partial charge >= 0.3 is 0 Å². The van der Waals surface area contributed by atoms with E-state index in [-0.39, 0.29) is 0 Å². The lowest BCUT2D eigenvalue weighted by atomic mass is 10.2. The number of nitrogens with zero attached hydrogens (tertiary/aromatic N) is 2. The third-order valence-electron chi connectivity index (χ3n) is 3.76. The molecule has 0 fully saturated rings. The molecule has 4 nitrogen and oxygen atoms in total. The second-order valence-electron chi connectivity index (χ2n) is 5.32. The molecule has 0 aliphatic carbocycles. The van der Waals surface area contributed by atoms with Gasteiger partial charge in [0.15, 0.2) is 5.82 Å². The number of rotatable bonds is 4. The molecule has 0 unspecified atom stereocenters. The zero-order valence-electron chi connectivity index (χ0n) is 12.5. The largest absolute Gasteiger partial charge is 0.379 e. The Kier molecular flexibility index (Phi) is 3.48. The summed E-state index contributed by atoms with van der Waals surface area (Å²) in [6, 6.07) is 22.2. The van der Waals surface area contributed by atoms with Gasteiger partial charge in [0.05, 0.1) is 12.2 Å². The molecule has 0 atom stereocenters. The van der Waals surface area contributed by atoms with Gasteiger partial charge < -0.3 is 10.3 Å². The molecule has 2 aromatic heterocycles. The molecule has 4 aromatic rings. The van der Waals surface area contributed by atoms with E-state index in [2.05, 4.69) is 15.3 Å². The molecule has 2 heterocycles. The van der Waals surface area contributed by atoms with E-state index in [1.807, 2.05) is 72.9 Å². The number of anilines is 1. The van der Waals surface area contributed by atoms with Gasteiger partial charge in [-0.2, -0.15) is 0 Å². The highest BCUT2D eigenvalue weighted by Crippen LogP contribution is 2.21. The Morgan fingerprint density at radius 3 is 2.35 bits per heavy atom. The van der Waals surface area contributed by atoms with Crippen LogP contribution >= 0.6 is 0 Å². The van der Waals surface area contributed by atoms with Gasteiger partial charge in [-0.25, -0.2) is 9.97 Å². The van der Waals surface area contributed by atoms with E-state index in [4.69, 9.17) is 4.98 Å². The number of para-hydroxylation sites is 1. The Labute approximate surface area is 134 Å². The molecule has 2 N–H and O–H groups in total. The molecule has 0 saturated heterocycles. The van der Waals surface area contributed by atoms with E-state index < -0.39 is 0 Å². The summed E-state index contributed by atoms with van der Waals surface area (Å²) in [5.41, 5.74) is 3.95. The van der Waals surface area contributed by atoms with Crippen LogP contribution in [0.25, 0.3) is 22.4 Å². The quantitative estimate of drug-likeness (QED) is 0.593. The van der Waals surface area contributed by atoms with Crippen LogP contribution in [0.5, 0.6) is 0 Å². The lowest BCUT2D eigenvalue weighted by Gasteiger charge is -2.09. The molecule has 0 aliphatic rings. The Morgan fingerprint density at radius 1 is 0.826 bits per heavy atom. The first-order valence-electron chi connectivity index (χ1n) is 7.58. The summed E-state index contributed by atoms with van der Waals surface area (Å²) in [6.45, 7) is 0.653. The van der Waals surface area contributed by atoms with Gasteiger partial charge in [0.1, 0.15) is 5.65 Å². The van der Waals surface area contributed by atoms with Gasteiger partial charge in [0, 0.05) is 22.8 Å². The number of fused-ring (bicyclic) bond motifs is 1. The van der Waals surface area contributed by atoms with E-state index in [9.17, 15) is 0 Å². The SMILES string of the molecule is c1ccc(NCc2nc(-c3ccccc3)nc3[nH]ccc23)cc1. The summed E-state index contributed by atoms with van der Waals surface area (Å²) >= 11 is 0. The molecule has 0 bridgehead atoms. The van der Waals surface area contributed by atoms with Gasteiger partial charge in [0.2, 0.25) is 0 Å². The number of hydrogen-bond acceptors (Lipinski definition) is 3. The van der Waals surface area contributed by atoms with Crippen LogP contribution in [0.2, 0.25) is 0 Å². The first-order chi connectivity index (χ1) is 11.4. The number of H-pyrrole nitrogens is 1. The topological polar surface area (TPSA) is 53.6 Å². The van der Waals surface area contributed by atoms with Gasteiger partial charge in [-0.05, 0) is 18.2 Å². The number of aromatic nitrogens is 3. The molecule has 112 valence electrons. The summed E-state index contributed by atoms with van der Waals surface area (Å²) in [5.74, 6) is 0.741. The summed E-state index contributed by atoms with van der Waals surface area (Å²) in [7, 11) is 0. The Balaban J connectivity index is 1.71. The number of hydrogen-bond donors (Lipinski definition) is 2. The number of nitrogens with one attached hydrogen (secondary N) is 2. The maximum absolute atomic E-state index is 4.76. The summed E-state index contributed by atoms with van der Waals surface area (Å²) < 4.78 is 0. The fourth-order valence-corrected chi connectivity index (χ4v) is 2.60. The average molecular weight is 300 g/mol. The molecule has 0 saturated carbocycles. The zero-order chi connectivity index (χ0) is 15.5. The van der Waals surface area contributed by atoms with Gasteiger partial charge in [-0.3, -0.25) is 0 Å². The van der Waals surface area contributed by atoms with Crippen molar-refractivity contribution in [1.82, 2.24) is 15.0 Å². The average Bonchev–Trinajstić information content (AvgIpc) is 3.10. The molecular formula is C19H16N4. The molecule has 2 aromatic carbocycles. The molecule has 4 rings (SSSR count). The first-order valence-corrected chi connectivity index (χ1v) is 7.58. The minimum Gasteiger partial charge on any atom is -0.379 e. The summed E-state index contributed by atoms with van der Waals surface area (Å²) in [5, 5.41) is 4.47. The van der Waals surface area contributed by atoms with Crippen molar-refractivity contribution < 1.29 is 0 Å². The highest BCUT2D eigenvalue weighted by atomic mass is 15.0. The fourth-order valence-electron chi connectivity index (χ4n) is 2.60. The van der Waals surface area contributed by atoms with E-state index in [0.717, 1.165) is 33.8 Å². The minimum absolute atomic E-state index is 0.653. The van der Waals surface area contributed by atoms with Crippen LogP contribution in [0.1, 0.15) is 5.69 Å². The number of benzene rings is 2. The van der Waals surface area contributed by atoms with Crippen LogP contribution < -0.4 is 5.32 Å². The van der Waals surface area contributed by atoms with E-state index >= 15 is 0 Å². The van der Waals surface area contributed by atoms with Crippen molar-refractivity contribution in [1.29, 1.82) is 0 Å². The molecule has 4 heteroatoms. The lowest BCUT2D eigenvalue weighted by molar-refractivity contribution is 1.04. The standard InChI is InChI=1S/C19H16N4/c1-3-7-14(8-4-1)18-22-17(16-11-12-20-19(16)23-18)13-21-15-9-5-2-6-10-15/h1-12,21H,13H2,(H,20,22,23). The van der Waals surface area contributed by atoms with Crippen molar-refractivity contribution in [2.24, 2.45) is 0 Å². The number of aromatic amines is 1. The smallest absolute Gasteiger partial charge is 0.161 e. The summed E-state index contributed by atoms with van der Waals surface area (Å²) in [6.07, 6.45) is 1.90.